The van der Waals surface area contributed by atoms with Crippen LogP contribution in [0.2, 0.25) is 51.4 Å². The fraction of sp³-hybridized carbons (Fsp3) is 0.591. The Bertz CT molecular complexity index is 4380. The summed E-state index contributed by atoms with van der Waals surface area (Å²) in [7, 11) is -3.16. The third-order valence-electron chi connectivity index (χ3n) is 22.9. The number of hydrogen-bond donors (Lipinski definition) is 2. The normalized spacial score (nSPS) is 33.0. The lowest BCUT2D eigenvalue weighted by atomic mass is 9.94. The minimum Gasteiger partial charge on any atom is -0.385 e. The summed E-state index contributed by atoms with van der Waals surface area (Å²) in [6.07, 6.45) is -26.1. The van der Waals surface area contributed by atoms with Crippen molar-refractivity contribution < 1.29 is 95.5 Å². The smallest absolute Gasteiger partial charge is 0.187 e. The van der Waals surface area contributed by atoms with Crippen LogP contribution in [0.4, 0.5) is 0 Å². The molecule has 0 unspecified atom stereocenters. The minimum atomic E-state index is -1.58. The molecule has 0 saturated carbocycles. The zero-order valence-corrected chi connectivity index (χ0v) is 76.0. The summed E-state index contributed by atoms with van der Waals surface area (Å²) >= 11 is 0. The van der Waals surface area contributed by atoms with E-state index in [9.17, 15) is 43.4 Å². The van der Waals surface area contributed by atoms with E-state index in [1.54, 1.807) is 41.5 Å². The third kappa shape index (κ3) is 27.9. The molecule has 6 aliphatic rings. The van der Waals surface area contributed by atoms with E-state index >= 15 is 0 Å². The molecule has 38 nitrogen and oxygen atoms in total. The molecule has 0 amide bonds. The Hall–Kier alpha value is -9.19. The van der Waals surface area contributed by atoms with Gasteiger partial charge in [-0.1, -0.05) is 252 Å². The van der Waals surface area contributed by atoms with Crippen molar-refractivity contribution in [3.8, 4) is 0 Å². The summed E-state index contributed by atoms with van der Waals surface area (Å²) in [5, 5.41) is 48.5. The second-order valence-corrected chi connectivity index (χ2v) is 46.0. The second-order valence-electron chi connectivity index (χ2n) is 34.7. The van der Waals surface area contributed by atoms with Crippen molar-refractivity contribution in [2.45, 2.75) is 316 Å². The van der Waals surface area contributed by atoms with Crippen LogP contribution in [0.3, 0.4) is 0 Å². The fourth-order valence-electron chi connectivity index (χ4n) is 15.9. The van der Waals surface area contributed by atoms with Crippen LogP contribution < -0.4 is 0 Å². The molecule has 40 heteroatoms. The summed E-state index contributed by atoms with van der Waals surface area (Å²) in [5.41, 5.74) is 63.4. The molecular weight excluding hydrogens is 1690 g/mol. The van der Waals surface area contributed by atoms with Gasteiger partial charge in [0, 0.05) is 58.8 Å². The van der Waals surface area contributed by atoms with E-state index in [4.69, 9.17) is 85.3 Å². The van der Waals surface area contributed by atoms with Crippen molar-refractivity contribution >= 4 is 16.1 Å². The monoisotopic (exact) mass is 1800 g/mol. The van der Waals surface area contributed by atoms with Gasteiger partial charge in [0.2, 0.25) is 0 Å². The molecule has 0 bridgehead atoms. The highest BCUT2D eigenvalue weighted by Gasteiger charge is 2.58. The van der Waals surface area contributed by atoms with Gasteiger partial charge in [0.1, 0.15) is 61.0 Å². The highest BCUT2D eigenvalue weighted by atomic mass is 28.3. The number of aliphatic hydroxyl groups excluding tert-OH is 2. The Morgan fingerprint density at radius 1 is 0.258 bits per heavy atom. The van der Waals surface area contributed by atoms with Gasteiger partial charge in [-0.05, 0) is 120 Å². The molecule has 688 valence electrons. The maximum Gasteiger partial charge on any atom is 0.187 e. The van der Waals surface area contributed by atoms with Crippen LogP contribution in [-0.2, 0) is 125 Å². The average molecular weight is 1800 g/mol. The van der Waals surface area contributed by atoms with Gasteiger partial charge in [-0.15, -0.1) is 0 Å². The largest absolute Gasteiger partial charge is 0.385 e. The lowest BCUT2D eigenvalue weighted by Gasteiger charge is -2.50. The highest BCUT2D eigenvalue weighted by molar-refractivity contribution is 6.76. The van der Waals surface area contributed by atoms with Gasteiger partial charge >= 0.3 is 0 Å². The van der Waals surface area contributed by atoms with Gasteiger partial charge < -0.3 is 95.5 Å². The summed E-state index contributed by atoms with van der Waals surface area (Å²) < 4.78 is 118. The van der Waals surface area contributed by atoms with Gasteiger partial charge in [-0.2, -0.15) is 0 Å². The maximum absolute atomic E-state index is 12.1. The third-order valence-corrected chi connectivity index (χ3v) is 26.3. The Kier molecular flexibility index (Phi) is 38.2. The lowest BCUT2D eigenvalue weighted by Crippen LogP contribution is -2.66. The van der Waals surface area contributed by atoms with Crippen molar-refractivity contribution in [3.63, 3.8) is 0 Å². The molecule has 6 fully saturated rings. The van der Waals surface area contributed by atoms with E-state index < -0.39 is 200 Å². The molecule has 6 aromatic rings. The first-order valence-electron chi connectivity index (χ1n) is 43.1. The van der Waals surface area contributed by atoms with Crippen LogP contribution in [0.5, 0.6) is 0 Å². The molecule has 6 aromatic carbocycles. The van der Waals surface area contributed by atoms with Crippen LogP contribution in [0.15, 0.2) is 213 Å². The molecule has 30 atom stereocenters. The van der Waals surface area contributed by atoms with E-state index in [0.29, 0.717) is 13.2 Å². The summed E-state index contributed by atoms with van der Waals surface area (Å²) in [6.45, 7) is 25.1. The quantitative estimate of drug-likeness (QED) is 0.0156. The first-order valence-corrected chi connectivity index (χ1v) is 50.5. The Labute approximate surface area is 746 Å². The first-order chi connectivity index (χ1) is 61.8. The fourth-order valence-corrected chi connectivity index (χ4v) is 17.3. The number of azide groups is 6. The van der Waals surface area contributed by atoms with Gasteiger partial charge in [-0.3, -0.25) is 0 Å². The Morgan fingerprint density at radius 3 is 0.648 bits per heavy atom. The molecule has 0 spiro atoms. The van der Waals surface area contributed by atoms with E-state index in [1.165, 1.54) is 0 Å². The van der Waals surface area contributed by atoms with Crippen molar-refractivity contribution in [1.29, 1.82) is 0 Å². The number of aliphatic hydroxyl groups is 2. The van der Waals surface area contributed by atoms with Crippen molar-refractivity contribution in [3.05, 3.63) is 278 Å². The molecule has 0 radical (unpaired) electrons. The standard InChI is InChI=1S/2C44H59N9O10Si/c2*1-27-33(48-51-45)37(56-24-30-16-10-7-11-17-30)36(54)42(59-27)62-41-39(58-26-32-20-14-9-15-21-32)35(50-53-47)29(3)61-44(41)63-40-38(57-25-31-18-12-8-13-19-31)34(49-52-46)28(2)60-43(40)55-22-23-64(4,5)6/h2*7-21,27-29,33-44,54H,22-26H2,1-6H3/t2*27-,28-,29-,33-,34-,35-,36+,37+,38+,39+,40+,41+,42-,43+,44-/m11/s1. The zero-order valence-electron chi connectivity index (χ0n) is 74.0. The second kappa shape index (κ2) is 49.2. The van der Waals surface area contributed by atoms with E-state index in [2.05, 4.69) is 99.4 Å². The van der Waals surface area contributed by atoms with Gasteiger partial charge in [0.05, 0.1) is 125 Å². The predicted octanol–water partition coefficient (Wildman–Crippen LogP) is 17.0. The summed E-state index contributed by atoms with van der Waals surface area (Å²) in [4.78, 5) is 18.7. The predicted molar refractivity (Wildman–Crippen MR) is 473 cm³/mol. The summed E-state index contributed by atoms with van der Waals surface area (Å²) in [5.74, 6) is 0. The first kappa shape index (κ1) is 99.4. The van der Waals surface area contributed by atoms with Crippen molar-refractivity contribution in [2.75, 3.05) is 13.2 Å². The number of hydrogen-bond acceptors (Lipinski definition) is 26. The average Bonchev–Trinajstić information content (AvgIpc) is 0.772. The Balaban J connectivity index is 0.000000248. The van der Waals surface area contributed by atoms with Crippen LogP contribution >= 0.6 is 0 Å². The highest BCUT2D eigenvalue weighted by Crippen LogP contribution is 2.42. The molecular formula is C88H118N18O20Si2. The van der Waals surface area contributed by atoms with Crippen LogP contribution in [0.1, 0.15) is 74.9 Å². The van der Waals surface area contributed by atoms with Gasteiger partial charge in [-0.25, -0.2) is 0 Å². The SMILES string of the molecule is C[C@H]1O[C@H](O[C@@H]2[C@@H](O[C@@H]3[C@@H](OCC[Si](C)(C)C)O[C@H](C)[C@@H](N=[N+]=[N-])[C@@H]3OCc3ccccc3)O[C@H](C)[C@@H](N=[N+]=[N-])[C@@H]2OCc2ccccc2)[C@@H](O)[C@@H](OCc2ccccc2)[C@@H]1N=[N+]=[N-].C[C@H]1O[C@H](O[C@@H]2[C@@H](O[C@@H]3[C@@H](OCC[Si](C)(C)C)O[C@H](C)[C@@H](N=[N+]=[N-])[C@@H]3OCc3ccccc3)O[C@H](C)[C@@H](N=[N+]=[N-])[C@@H]2OCc2ccccc2)[C@@H](O)[C@@H](OCc2ccccc2)[C@@H]1N=[N+]=[N-]. The topological polar surface area (TPSA) is 499 Å². The van der Waals surface area contributed by atoms with Crippen molar-refractivity contribution in [2.24, 2.45) is 30.7 Å². The molecule has 6 aliphatic heterocycles. The molecule has 6 saturated heterocycles. The minimum absolute atomic E-state index is 0.0722. The molecule has 128 heavy (non-hydrogen) atoms. The van der Waals surface area contributed by atoms with E-state index in [-0.39, 0.29) is 39.6 Å². The number of nitrogens with zero attached hydrogens (tertiary/aromatic N) is 18. The zero-order chi connectivity index (χ0) is 91.3. The molecule has 6 heterocycles. The lowest BCUT2D eigenvalue weighted by molar-refractivity contribution is -0.378. The summed E-state index contributed by atoms with van der Waals surface area (Å²) in [6, 6.07) is 52.7. The van der Waals surface area contributed by atoms with Crippen LogP contribution in [-0.4, -0.2) is 223 Å². The van der Waals surface area contributed by atoms with Gasteiger partial charge in [0.15, 0.2) is 37.7 Å². The van der Waals surface area contributed by atoms with Gasteiger partial charge in [0.25, 0.3) is 0 Å². The molecule has 2 N–H and O–H groups in total. The van der Waals surface area contributed by atoms with Crippen molar-refractivity contribution in [1.82, 2.24) is 0 Å². The van der Waals surface area contributed by atoms with E-state index in [1.807, 2.05) is 182 Å². The Morgan fingerprint density at radius 2 is 0.438 bits per heavy atom. The molecule has 12 rings (SSSR count). The van der Waals surface area contributed by atoms with Crippen LogP contribution in [0.25, 0.3) is 62.7 Å². The molecule has 0 aliphatic carbocycles. The number of rotatable bonds is 40. The van der Waals surface area contributed by atoms with E-state index in [0.717, 1.165) is 45.5 Å². The number of ether oxygens (including phenoxy) is 18. The number of benzene rings is 6. The molecule has 0 aromatic heterocycles. The maximum atomic E-state index is 12.1. The van der Waals surface area contributed by atoms with Crippen LogP contribution in [0, 0.1) is 0 Å².